The van der Waals surface area contributed by atoms with Crippen molar-refractivity contribution in [3.05, 3.63) is 12.2 Å². The molecule has 1 saturated carbocycles. The van der Waals surface area contributed by atoms with Gasteiger partial charge in [-0.3, -0.25) is 9.59 Å². The Morgan fingerprint density at radius 2 is 1.81 bits per heavy atom. The fourth-order valence-corrected chi connectivity index (χ4v) is 4.15. The molecule has 1 saturated heterocycles. The lowest BCUT2D eigenvalue weighted by molar-refractivity contribution is -0.147. The zero-order chi connectivity index (χ0) is 14.8. The molecule has 4 atom stereocenters. The summed E-state index contributed by atoms with van der Waals surface area (Å²) in [4.78, 5) is 26.1. The molecular weight excluding hydrogens is 268 g/mol. The Kier molecular flexibility index (Phi) is 4.29. The zero-order valence-corrected chi connectivity index (χ0v) is 12.3. The number of aliphatic carboxylic acids is 1. The van der Waals surface area contributed by atoms with Crippen molar-refractivity contribution in [2.75, 3.05) is 26.2 Å². The average molecular weight is 292 g/mol. The van der Waals surface area contributed by atoms with E-state index in [0.717, 1.165) is 19.4 Å². The number of likely N-dealkylation sites (tertiary alicyclic amines) is 1. The van der Waals surface area contributed by atoms with Crippen LogP contribution in [0.15, 0.2) is 12.2 Å². The predicted octanol–water partition coefficient (Wildman–Crippen LogP) is 1.11. The van der Waals surface area contributed by atoms with E-state index in [1.165, 1.54) is 25.9 Å². The van der Waals surface area contributed by atoms with Gasteiger partial charge in [0.2, 0.25) is 5.91 Å². The molecular formula is C16H24N2O3. The normalized spacial score (nSPS) is 34.5. The highest BCUT2D eigenvalue weighted by atomic mass is 16.4. The van der Waals surface area contributed by atoms with Gasteiger partial charge in [0, 0.05) is 6.54 Å². The van der Waals surface area contributed by atoms with Crippen molar-refractivity contribution in [1.82, 2.24) is 10.2 Å². The molecule has 1 amide bonds. The lowest BCUT2D eigenvalue weighted by atomic mass is 9.82. The molecule has 2 unspecified atom stereocenters. The van der Waals surface area contributed by atoms with E-state index in [1.54, 1.807) is 0 Å². The topological polar surface area (TPSA) is 69.6 Å². The summed E-state index contributed by atoms with van der Waals surface area (Å²) < 4.78 is 0. The van der Waals surface area contributed by atoms with Crippen LogP contribution in [-0.2, 0) is 9.59 Å². The van der Waals surface area contributed by atoms with E-state index in [2.05, 4.69) is 10.2 Å². The fourth-order valence-electron chi connectivity index (χ4n) is 4.15. The highest BCUT2D eigenvalue weighted by molar-refractivity contribution is 5.86. The Hall–Kier alpha value is -1.36. The van der Waals surface area contributed by atoms with Crippen molar-refractivity contribution in [2.24, 2.45) is 23.7 Å². The lowest BCUT2D eigenvalue weighted by Crippen LogP contribution is -2.41. The van der Waals surface area contributed by atoms with Crippen LogP contribution < -0.4 is 5.32 Å². The number of carboxylic acids is 1. The minimum absolute atomic E-state index is 0.0489. The maximum Gasteiger partial charge on any atom is 0.307 e. The van der Waals surface area contributed by atoms with Crippen molar-refractivity contribution >= 4 is 11.9 Å². The molecule has 2 bridgehead atoms. The van der Waals surface area contributed by atoms with Gasteiger partial charge in [-0.05, 0) is 57.2 Å². The molecule has 0 aromatic rings. The molecule has 2 N–H and O–H groups in total. The van der Waals surface area contributed by atoms with Gasteiger partial charge in [-0.15, -0.1) is 0 Å². The van der Waals surface area contributed by atoms with Gasteiger partial charge in [-0.25, -0.2) is 0 Å². The molecule has 2 aliphatic carbocycles. The molecule has 3 rings (SSSR count). The van der Waals surface area contributed by atoms with E-state index in [-0.39, 0.29) is 23.7 Å². The van der Waals surface area contributed by atoms with E-state index in [0.29, 0.717) is 6.54 Å². The van der Waals surface area contributed by atoms with Crippen LogP contribution in [0, 0.1) is 23.7 Å². The monoisotopic (exact) mass is 292 g/mol. The Labute approximate surface area is 125 Å². The van der Waals surface area contributed by atoms with Crippen molar-refractivity contribution in [2.45, 2.75) is 25.7 Å². The minimum Gasteiger partial charge on any atom is -0.481 e. The van der Waals surface area contributed by atoms with Crippen molar-refractivity contribution in [3.8, 4) is 0 Å². The highest BCUT2D eigenvalue weighted by Gasteiger charge is 2.51. The Morgan fingerprint density at radius 1 is 1.14 bits per heavy atom. The summed E-state index contributed by atoms with van der Waals surface area (Å²) in [6, 6.07) is 0. The molecule has 1 heterocycles. The highest BCUT2D eigenvalue weighted by Crippen LogP contribution is 2.48. The van der Waals surface area contributed by atoms with E-state index in [4.69, 9.17) is 0 Å². The van der Waals surface area contributed by atoms with Crippen molar-refractivity contribution < 1.29 is 14.7 Å². The van der Waals surface area contributed by atoms with Crippen LogP contribution in [0.5, 0.6) is 0 Å². The number of allylic oxidation sites excluding steroid dienone is 2. The third-order valence-corrected chi connectivity index (χ3v) is 5.20. The lowest BCUT2D eigenvalue weighted by Gasteiger charge is -2.24. The first-order chi connectivity index (χ1) is 10.2. The number of nitrogens with one attached hydrogen (secondary N) is 1. The molecule has 1 aliphatic heterocycles. The Morgan fingerprint density at radius 3 is 2.48 bits per heavy atom. The van der Waals surface area contributed by atoms with E-state index >= 15 is 0 Å². The largest absolute Gasteiger partial charge is 0.481 e. The van der Waals surface area contributed by atoms with E-state index in [1.807, 2.05) is 12.2 Å². The predicted molar refractivity (Wildman–Crippen MR) is 78.7 cm³/mol. The first-order valence-electron chi connectivity index (χ1n) is 8.08. The molecule has 21 heavy (non-hydrogen) atoms. The molecule has 2 fully saturated rings. The number of carboxylic acid groups (broad SMARTS) is 1. The summed E-state index contributed by atoms with van der Waals surface area (Å²) in [6.45, 7) is 4.02. The third kappa shape index (κ3) is 2.98. The summed E-state index contributed by atoms with van der Waals surface area (Å²) >= 11 is 0. The van der Waals surface area contributed by atoms with E-state index < -0.39 is 11.9 Å². The second-order valence-corrected chi connectivity index (χ2v) is 6.53. The first kappa shape index (κ1) is 14.6. The van der Waals surface area contributed by atoms with Gasteiger partial charge >= 0.3 is 5.97 Å². The maximum absolute atomic E-state index is 12.3. The van der Waals surface area contributed by atoms with Gasteiger partial charge in [0.25, 0.3) is 0 Å². The molecule has 0 aromatic carbocycles. The molecule has 0 spiro atoms. The van der Waals surface area contributed by atoms with Crippen molar-refractivity contribution in [3.63, 3.8) is 0 Å². The van der Waals surface area contributed by atoms with Crippen LogP contribution in [0.2, 0.25) is 0 Å². The maximum atomic E-state index is 12.3. The molecule has 0 radical (unpaired) electrons. The van der Waals surface area contributed by atoms with Gasteiger partial charge < -0.3 is 15.3 Å². The third-order valence-electron chi connectivity index (χ3n) is 5.20. The fraction of sp³-hybridized carbons (Fsp3) is 0.750. The smallest absolute Gasteiger partial charge is 0.307 e. The van der Waals surface area contributed by atoms with Crippen LogP contribution in [0.25, 0.3) is 0 Å². The van der Waals surface area contributed by atoms with Gasteiger partial charge in [-0.2, -0.15) is 0 Å². The van der Waals surface area contributed by atoms with Crippen LogP contribution in [-0.4, -0.2) is 48.1 Å². The number of hydrogen-bond acceptors (Lipinski definition) is 3. The van der Waals surface area contributed by atoms with E-state index in [9.17, 15) is 14.7 Å². The Balaban J connectivity index is 1.46. The van der Waals surface area contributed by atoms with Gasteiger partial charge in [-0.1, -0.05) is 12.2 Å². The Bertz CT molecular complexity index is 443. The number of carbonyl (C=O) groups excluding carboxylic acids is 1. The number of rotatable bonds is 6. The van der Waals surface area contributed by atoms with Crippen LogP contribution >= 0.6 is 0 Å². The summed E-state index contributed by atoms with van der Waals surface area (Å²) in [5.41, 5.74) is 0. The average Bonchev–Trinajstić information content (AvgIpc) is 3.18. The number of fused-ring (bicyclic) bond motifs is 2. The second kappa shape index (κ2) is 6.18. The van der Waals surface area contributed by atoms with Gasteiger partial charge in [0.1, 0.15) is 0 Å². The first-order valence-corrected chi connectivity index (χ1v) is 8.08. The van der Waals surface area contributed by atoms with Gasteiger partial charge in [0.05, 0.1) is 11.8 Å². The second-order valence-electron chi connectivity index (χ2n) is 6.53. The molecule has 0 aromatic heterocycles. The summed E-state index contributed by atoms with van der Waals surface area (Å²) in [5.74, 6) is -1.63. The quantitative estimate of drug-likeness (QED) is 0.568. The zero-order valence-electron chi connectivity index (χ0n) is 12.3. The van der Waals surface area contributed by atoms with Gasteiger partial charge in [0.15, 0.2) is 0 Å². The van der Waals surface area contributed by atoms with Crippen molar-refractivity contribution in [1.29, 1.82) is 0 Å². The molecule has 5 nitrogen and oxygen atoms in total. The van der Waals surface area contributed by atoms with Crippen LogP contribution in [0.3, 0.4) is 0 Å². The SMILES string of the molecule is O=C(O)[C@@H]1C2C=CC(C2)[C@@H]1C(=O)NCCCN1CCCC1. The van der Waals surface area contributed by atoms with Crippen LogP contribution in [0.1, 0.15) is 25.7 Å². The summed E-state index contributed by atoms with van der Waals surface area (Å²) in [6.07, 6.45) is 8.33. The molecule has 5 heteroatoms. The molecule has 116 valence electrons. The summed E-state index contributed by atoms with van der Waals surface area (Å²) in [7, 11) is 0. The van der Waals surface area contributed by atoms with Crippen LogP contribution in [0.4, 0.5) is 0 Å². The summed E-state index contributed by atoms with van der Waals surface area (Å²) in [5, 5.41) is 12.3. The standard InChI is InChI=1S/C16H24N2O3/c19-15(17-6-3-9-18-7-1-2-8-18)13-11-4-5-12(10-11)14(13)16(20)21/h4-5,11-14H,1-3,6-10H2,(H,17,19)(H,20,21)/t11?,12?,13-,14+/m0/s1. The number of carbonyl (C=O) groups is 2. The molecule has 3 aliphatic rings. The number of amides is 1. The minimum atomic E-state index is -0.830. The number of nitrogens with zero attached hydrogens (tertiary/aromatic N) is 1. The number of hydrogen-bond donors (Lipinski definition) is 2.